The monoisotopic (exact) mass is 669 g/mol. The van der Waals surface area contributed by atoms with Crippen LogP contribution in [-0.4, -0.2) is 23.5 Å². The van der Waals surface area contributed by atoms with E-state index in [2.05, 4.69) is 13.8 Å². The van der Waals surface area contributed by atoms with Crippen molar-refractivity contribution in [2.24, 2.45) is 5.92 Å². The van der Waals surface area contributed by atoms with Gasteiger partial charge in [-0.25, -0.2) is 4.79 Å². The van der Waals surface area contributed by atoms with E-state index in [4.69, 9.17) is 4.74 Å². The highest BCUT2D eigenvalue weighted by Gasteiger charge is 2.33. The zero-order valence-electron chi connectivity index (χ0n) is 31.2. The molecule has 0 radical (unpaired) electrons. The minimum atomic E-state index is -1.20. The molecular formula is C43H72O5. The standard InChI is InChI=1S/C43H72O5/c1-3-5-7-9-11-13-15-17-19-21-23-25-27-32-36-39(43(47)48-42(46)38-34-30-29-31-35-38)41(45)40(44)37-33-28-26-24-22-20-18-16-14-12-10-8-6-4-2/h29-31,34-35,39H,3-28,32-33,36-37H2,1-2H3. The van der Waals surface area contributed by atoms with Crippen LogP contribution in [0.15, 0.2) is 30.3 Å². The van der Waals surface area contributed by atoms with E-state index in [1.165, 1.54) is 128 Å². The van der Waals surface area contributed by atoms with Crippen molar-refractivity contribution in [1.29, 1.82) is 0 Å². The van der Waals surface area contributed by atoms with Gasteiger partial charge in [0, 0.05) is 6.42 Å². The molecule has 0 fully saturated rings. The number of hydrogen-bond acceptors (Lipinski definition) is 5. The number of rotatable bonds is 34. The van der Waals surface area contributed by atoms with Crippen LogP contribution in [0, 0.1) is 5.92 Å². The van der Waals surface area contributed by atoms with Gasteiger partial charge in [-0.05, 0) is 25.0 Å². The quantitative estimate of drug-likeness (QED) is 0.0316. The molecule has 1 rings (SSSR count). The van der Waals surface area contributed by atoms with Gasteiger partial charge >= 0.3 is 11.9 Å². The second kappa shape index (κ2) is 31.9. The largest absolute Gasteiger partial charge is 0.389 e. The molecule has 1 unspecified atom stereocenters. The number of ketones is 2. The highest BCUT2D eigenvalue weighted by molar-refractivity contribution is 6.41. The van der Waals surface area contributed by atoms with Crippen LogP contribution in [0.2, 0.25) is 0 Å². The first kappa shape index (κ1) is 43.7. The highest BCUT2D eigenvalue weighted by atomic mass is 16.6. The van der Waals surface area contributed by atoms with E-state index in [9.17, 15) is 19.2 Å². The third-order valence-electron chi connectivity index (χ3n) is 9.68. The Kier molecular flexibility index (Phi) is 29.1. The SMILES string of the molecule is CCCCCCCCCCCCCCCCC(=O)C(=O)C(CCCCCCCCCCCCCCCC)C(=O)OC(=O)c1ccccc1. The summed E-state index contributed by atoms with van der Waals surface area (Å²) in [7, 11) is 0. The molecule has 0 aliphatic heterocycles. The fourth-order valence-corrected chi connectivity index (χ4v) is 6.49. The number of carbonyl (C=O) groups excluding carboxylic acids is 4. The molecule has 0 aliphatic carbocycles. The van der Waals surface area contributed by atoms with Gasteiger partial charge in [0.25, 0.3) is 0 Å². The van der Waals surface area contributed by atoms with Crippen LogP contribution in [0.25, 0.3) is 0 Å². The van der Waals surface area contributed by atoms with E-state index in [0.717, 1.165) is 38.5 Å². The van der Waals surface area contributed by atoms with Crippen molar-refractivity contribution in [2.45, 2.75) is 206 Å². The van der Waals surface area contributed by atoms with Crippen LogP contribution < -0.4 is 0 Å². The van der Waals surface area contributed by atoms with Crippen molar-refractivity contribution in [1.82, 2.24) is 0 Å². The number of ether oxygens (including phenoxy) is 1. The van der Waals surface area contributed by atoms with Crippen molar-refractivity contribution >= 4 is 23.5 Å². The second-order valence-corrected chi connectivity index (χ2v) is 14.1. The van der Waals surface area contributed by atoms with E-state index in [-0.39, 0.29) is 18.4 Å². The van der Waals surface area contributed by atoms with Gasteiger partial charge in [-0.15, -0.1) is 0 Å². The van der Waals surface area contributed by atoms with Crippen molar-refractivity contribution in [3.63, 3.8) is 0 Å². The second-order valence-electron chi connectivity index (χ2n) is 14.1. The molecule has 0 spiro atoms. The Morgan fingerprint density at radius 1 is 0.479 bits per heavy atom. The molecule has 0 aromatic heterocycles. The third kappa shape index (κ3) is 23.9. The predicted molar refractivity (Wildman–Crippen MR) is 200 cm³/mol. The zero-order valence-corrected chi connectivity index (χ0v) is 31.2. The summed E-state index contributed by atoms with van der Waals surface area (Å²) in [6.07, 6.45) is 34.5. The topological polar surface area (TPSA) is 77.5 Å². The molecule has 5 nitrogen and oxygen atoms in total. The first-order valence-corrected chi connectivity index (χ1v) is 20.4. The average Bonchev–Trinajstić information content (AvgIpc) is 3.10. The maximum Gasteiger partial charge on any atom is 0.345 e. The summed E-state index contributed by atoms with van der Waals surface area (Å²) < 4.78 is 5.12. The summed E-state index contributed by atoms with van der Waals surface area (Å²) in [4.78, 5) is 51.6. The number of esters is 2. The molecule has 1 atom stereocenters. The van der Waals surface area contributed by atoms with Crippen molar-refractivity contribution in [3.05, 3.63) is 35.9 Å². The zero-order chi connectivity index (χ0) is 34.9. The summed E-state index contributed by atoms with van der Waals surface area (Å²) in [5.74, 6) is -4.07. The van der Waals surface area contributed by atoms with E-state index in [1.54, 1.807) is 30.3 Å². The highest BCUT2D eigenvalue weighted by Crippen LogP contribution is 2.20. The lowest BCUT2D eigenvalue weighted by molar-refractivity contribution is -0.151. The van der Waals surface area contributed by atoms with Gasteiger partial charge in [-0.2, -0.15) is 0 Å². The first-order valence-electron chi connectivity index (χ1n) is 20.4. The number of benzene rings is 1. The smallest absolute Gasteiger partial charge is 0.345 e. The summed E-state index contributed by atoms with van der Waals surface area (Å²) in [5, 5.41) is 0. The average molecular weight is 669 g/mol. The third-order valence-corrected chi connectivity index (χ3v) is 9.68. The molecule has 1 aromatic carbocycles. The van der Waals surface area contributed by atoms with Crippen LogP contribution in [0.1, 0.15) is 217 Å². The van der Waals surface area contributed by atoms with E-state index in [0.29, 0.717) is 12.8 Å². The Balaban J connectivity index is 2.33. The Labute approximate surface area is 295 Å². The van der Waals surface area contributed by atoms with Crippen molar-refractivity contribution in [3.8, 4) is 0 Å². The van der Waals surface area contributed by atoms with Gasteiger partial charge in [0.1, 0.15) is 5.92 Å². The predicted octanol–water partition coefficient (Wildman–Crippen LogP) is 12.9. The van der Waals surface area contributed by atoms with Gasteiger partial charge in [0.15, 0.2) is 5.78 Å². The molecule has 0 saturated heterocycles. The van der Waals surface area contributed by atoms with Crippen LogP contribution in [0.3, 0.4) is 0 Å². The molecule has 0 heterocycles. The Morgan fingerprint density at radius 2 is 0.833 bits per heavy atom. The van der Waals surface area contributed by atoms with Crippen LogP contribution >= 0.6 is 0 Å². The van der Waals surface area contributed by atoms with Crippen LogP contribution in [0.4, 0.5) is 0 Å². The van der Waals surface area contributed by atoms with Crippen LogP contribution in [-0.2, 0) is 19.1 Å². The Hall–Kier alpha value is -2.30. The molecular weight excluding hydrogens is 596 g/mol. The van der Waals surface area contributed by atoms with E-state index in [1.807, 2.05) is 0 Å². The lowest BCUT2D eigenvalue weighted by Crippen LogP contribution is -2.33. The molecule has 1 aromatic rings. The molecule has 274 valence electrons. The molecule has 0 N–H and O–H groups in total. The lowest BCUT2D eigenvalue weighted by Gasteiger charge is -2.14. The maximum atomic E-state index is 13.2. The van der Waals surface area contributed by atoms with Crippen molar-refractivity contribution < 1.29 is 23.9 Å². The molecule has 0 saturated carbocycles. The fraction of sp³-hybridized carbons (Fsp3) is 0.767. The van der Waals surface area contributed by atoms with E-state index < -0.39 is 29.4 Å². The summed E-state index contributed by atoms with van der Waals surface area (Å²) >= 11 is 0. The van der Waals surface area contributed by atoms with E-state index >= 15 is 0 Å². The first-order chi connectivity index (χ1) is 23.5. The normalized spacial score (nSPS) is 11.8. The molecule has 0 bridgehead atoms. The summed E-state index contributed by atoms with van der Waals surface area (Å²) in [6, 6.07) is 8.30. The van der Waals surface area contributed by atoms with Crippen molar-refractivity contribution in [2.75, 3.05) is 0 Å². The molecule has 48 heavy (non-hydrogen) atoms. The Bertz CT molecular complexity index is 940. The van der Waals surface area contributed by atoms with Crippen LogP contribution in [0.5, 0.6) is 0 Å². The lowest BCUT2D eigenvalue weighted by atomic mass is 9.92. The minimum Gasteiger partial charge on any atom is -0.389 e. The summed E-state index contributed by atoms with van der Waals surface area (Å²) in [5.41, 5.74) is 0.252. The van der Waals surface area contributed by atoms with Gasteiger partial charge in [-0.1, -0.05) is 205 Å². The molecule has 0 aliphatic rings. The maximum absolute atomic E-state index is 13.2. The molecule has 5 heteroatoms. The van der Waals surface area contributed by atoms with Gasteiger partial charge in [0.2, 0.25) is 5.78 Å². The number of carbonyl (C=O) groups is 4. The van der Waals surface area contributed by atoms with Gasteiger partial charge in [0.05, 0.1) is 5.56 Å². The number of Topliss-reactive ketones (excluding diaryl/α,β-unsaturated/α-hetero) is 2. The summed E-state index contributed by atoms with van der Waals surface area (Å²) in [6.45, 7) is 4.51. The Morgan fingerprint density at radius 3 is 1.23 bits per heavy atom. The van der Waals surface area contributed by atoms with Gasteiger partial charge in [-0.3, -0.25) is 14.4 Å². The minimum absolute atomic E-state index is 0.159. The van der Waals surface area contributed by atoms with Gasteiger partial charge < -0.3 is 4.74 Å². The number of unbranched alkanes of at least 4 members (excludes halogenated alkanes) is 26. The molecule has 0 amide bonds. The number of hydrogen-bond donors (Lipinski definition) is 0. The fourth-order valence-electron chi connectivity index (χ4n) is 6.49.